The highest BCUT2D eigenvalue weighted by atomic mass is 19.4. The summed E-state index contributed by atoms with van der Waals surface area (Å²) in [6.07, 6.45) is -10.3. The summed E-state index contributed by atoms with van der Waals surface area (Å²) < 4.78 is 75.1. The lowest BCUT2D eigenvalue weighted by Gasteiger charge is -2.05. The summed E-state index contributed by atoms with van der Waals surface area (Å²) >= 11 is 0. The second kappa shape index (κ2) is 4.90. The Balaban J connectivity index is 2.41. The fourth-order valence-corrected chi connectivity index (χ4v) is 0.924. The van der Waals surface area contributed by atoms with Gasteiger partial charge >= 0.3 is 12.4 Å². The lowest BCUT2D eigenvalue weighted by atomic mass is 10.4. The molecule has 0 aliphatic carbocycles. The van der Waals surface area contributed by atoms with Gasteiger partial charge in [0, 0.05) is 0 Å². The number of halogens is 6. The molecule has 1 aromatic heterocycles. The molecule has 0 spiro atoms. The third-order valence-electron chi connectivity index (χ3n) is 1.47. The molecule has 0 amide bonds. The highest BCUT2D eigenvalue weighted by molar-refractivity contribution is 4.88. The van der Waals surface area contributed by atoms with E-state index in [-0.39, 0.29) is 5.89 Å². The molecule has 0 saturated carbocycles. The topological polar surface area (TPSA) is 51.0 Å². The largest absolute Gasteiger partial charge is 0.401 e. The van der Waals surface area contributed by atoms with Gasteiger partial charge in [0.15, 0.2) is 5.82 Å². The number of aromatic nitrogens is 2. The zero-order chi connectivity index (χ0) is 13.1. The van der Waals surface area contributed by atoms with Crippen LogP contribution in [-0.2, 0) is 13.0 Å². The van der Waals surface area contributed by atoms with Gasteiger partial charge < -0.3 is 9.84 Å². The van der Waals surface area contributed by atoms with E-state index in [9.17, 15) is 26.3 Å². The number of hydrogen-bond acceptors (Lipinski definition) is 4. The van der Waals surface area contributed by atoms with Crippen LogP contribution in [-0.4, -0.2) is 29.0 Å². The van der Waals surface area contributed by atoms with E-state index in [2.05, 4.69) is 14.7 Å². The predicted octanol–water partition coefficient (Wildman–Crippen LogP) is 1.83. The Labute approximate surface area is 91.0 Å². The smallest absolute Gasteiger partial charge is 0.338 e. The molecule has 0 fully saturated rings. The molecule has 1 heterocycles. The number of hydrogen-bond donors (Lipinski definition) is 1. The SMILES string of the molecule is FC(F)(F)CNCc1nc(CC(F)(F)F)no1. The first-order valence-corrected chi connectivity index (χ1v) is 4.31. The summed E-state index contributed by atoms with van der Waals surface area (Å²) in [7, 11) is 0. The van der Waals surface area contributed by atoms with Crippen LogP contribution in [0.5, 0.6) is 0 Å². The van der Waals surface area contributed by atoms with Crippen LogP contribution in [0.4, 0.5) is 26.3 Å². The fraction of sp³-hybridized carbons (Fsp3) is 0.714. The minimum absolute atomic E-state index is 0.325. The first kappa shape index (κ1) is 13.7. The Hall–Kier alpha value is -1.32. The summed E-state index contributed by atoms with van der Waals surface area (Å²) in [5.74, 6) is -0.935. The molecule has 4 nitrogen and oxygen atoms in total. The third kappa shape index (κ3) is 6.09. The Morgan fingerprint density at radius 2 is 1.71 bits per heavy atom. The van der Waals surface area contributed by atoms with E-state index in [1.165, 1.54) is 0 Å². The van der Waals surface area contributed by atoms with E-state index >= 15 is 0 Å². The van der Waals surface area contributed by atoms with Crippen molar-refractivity contribution in [3.63, 3.8) is 0 Å². The van der Waals surface area contributed by atoms with Crippen LogP contribution in [0.2, 0.25) is 0 Å². The molecule has 0 bridgehead atoms. The van der Waals surface area contributed by atoms with Crippen LogP contribution in [0.1, 0.15) is 11.7 Å². The van der Waals surface area contributed by atoms with Crippen molar-refractivity contribution in [2.45, 2.75) is 25.3 Å². The van der Waals surface area contributed by atoms with Gasteiger partial charge in [0.2, 0.25) is 5.89 Å². The van der Waals surface area contributed by atoms with Gasteiger partial charge in [0.1, 0.15) is 6.42 Å². The lowest BCUT2D eigenvalue weighted by molar-refractivity contribution is -0.128. The molecule has 98 valence electrons. The van der Waals surface area contributed by atoms with Crippen molar-refractivity contribution >= 4 is 0 Å². The van der Waals surface area contributed by atoms with Crippen molar-refractivity contribution in [2.24, 2.45) is 0 Å². The maximum absolute atomic E-state index is 11.9. The maximum Gasteiger partial charge on any atom is 0.401 e. The van der Waals surface area contributed by atoms with Crippen LogP contribution in [0, 0.1) is 0 Å². The summed E-state index contributed by atoms with van der Waals surface area (Å²) in [5, 5.41) is 4.90. The monoisotopic (exact) mass is 263 g/mol. The summed E-state index contributed by atoms with van der Waals surface area (Å²) in [5.41, 5.74) is 0. The van der Waals surface area contributed by atoms with E-state index in [1.54, 1.807) is 0 Å². The van der Waals surface area contributed by atoms with Gasteiger partial charge in [-0.15, -0.1) is 0 Å². The van der Waals surface area contributed by atoms with Crippen molar-refractivity contribution in [3.8, 4) is 0 Å². The molecule has 17 heavy (non-hydrogen) atoms. The first-order valence-electron chi connectivity index (χ1n) is 4.31. The van der Waals surface area contributed by atoms with Crippen LogP contribution in [0.25, 0.3) is 0 Å². The number of nitrogens with one attached hydrogen (secondary N) is 1. The minimum atomic E-state index is -4.49. The van der Waals surface area contributed by atoms with Crippen molar-refractivity contribution in [3.05, 3.63) is 11.7 Å². The molecule has 1 aromatic rings. The van der Waals surface area contributed by atoms with E-state index in [1.807, 2.05) is 5.32 Å². The maximum atomic E-state index is 11.9. The molecule has 1 N–H and O–H groups in total. The van der Waals surface area contributed by atoms with E-state index < -0.39 is 37.7 Å². The standard InChI is InChI=1S/C7H7F6N3O/c8-6(9,10)1-4-15-5(17-16-4)2-14-3-7(11,12)13/h14H,1-3H2. The molecule has 0 atom stereocenters. The van der Waals surface area contributed by atoms with Crippen LogP contribution in [0.15, 0.2) is 4.52 Å². The third-order valence-corrected chi connectivity index (χ3v) is 1.47. The molecule has 10 heteroatoms. The van der Waals surface area contributed by atoms with Gasteiger partial charge in [-0.3, -0.25) is 0 Å². The van der Waals surface area contributed by atoms with Crippen molar-refractivity contribution < 1.29 is 30.9 Å². The van der Waals surface area contributed by atoms with Crippen LogP contribution in [0.3, 0.4) is 0 Å². The van der Waals surface area contributed by atoms with Gasteiger partial charge in [-0.1, -0.05) is 5.16 Å². The first-order chi connectivity index (χ1) is 7.66. The second-order valence-electron chi connectivity index (χ2n) is 3.12. The average Bonchev–Trinajstić information content (AvgIpc) is 2.46. The Morgan fingerprint density at radius 3 is 2.24 bits per heavy atom. The molecule has 0 aliphatic rings. The van der Waals surface area contributed by atoms with Gasteiger partial charge in [-0.25, -0.2) is 0 Å². The minimum Gasteiger partial charge on any atom is -0.338 e. The van der Waals surface area contributed by atoms with Gasteiger partial charge in [-0.2, -0.15) is 31.3 Å². The summed E-state index contributed by atoms with van der Waals surface area (Å²) in [4.78, 5) is 3.29. The Kier molecular flexibility index (Phi) is 3.96. The molecule has 0 saturated heterocycles. The molecular formula is C7H7F6N3O. The summed E-state index contributed by atoms with van der Waals surface area (Å²) in [6.45, 7) is -1.73. The number of nitrogens with zero attached hydrogens (tertiary/aromatic N) is 2. The number of alkyl halides is 6. The predicted molar refractivity (Wildman–Crippen MR) is 41.8 cm³/mol. The zero-order valence-electron chi connectivity index (χ0n) is 8.19. The normalized spacial score (nSPS) is 13.1. The van der Waals surface area contributed by atoms with E-state index in [0.29, 0.717) is 0 Å². The highest BCUT2D eigenvalue weighted by Gasteiger charge is 2.31. The van der Waals surface area contributed by atoms with Gasteiger partial charge in [0.25, 0.3) is 0 Å². The average molecular weight is 263 g/mol. The summed E-state index contributed by atoms with van der Waals surface area (Å²) in [6, 6.07) is 0. The van der Waals surface area contributed by atoms with E-state index in [0.717, 1.165) is 0 Å². The fourth-order valence-electron chi connectivity index (χ4n) is 0.924. The zero-order valence-corrected chi connectivity index (χ0v) is 8.19. The molecule has 0 aliphatic heterocycles. The van der Waals surface area contributed by atoms with Gasteiger partial charge in [-0.05, 0) is 0 Å². The van der Waals surface area contributed by atoms with Gasteiger partial charge in [0.05, 0.1) is 13.1 Å². The van der Waals surface area contributed by atoms with Crippen LogP contribution < -0.4 is 5.32 Å². The molecule has 0 aromatic carbocycles. The van der Waals surface area contributed by atoms with Crippen LogP contribution >= 0.6 is 0 Å². The number of rotatable bonds is 4. The van der Waals surface area contributed by atoms with Crippen molar-refractivity contribution in [1.82, 2.24) is 15.5 Å². The Bertz CT molecular complexity index is 357. The highest BCUT2D eigenvalue weighted by Crippen LogP contribution is 2.19. The molecule has 1 rings (SSSR count). The molecular weight excluding hydrogens is 256 g/mol. The second-order valence-corrected chi connectivity index (χ2v) is 3.12. The van der Waals surface area contributed by atoms with E-state index in [4.69, 9.17) is 0 Å². The Morgan fingerprint density at radius 1 is 1.06 bits per heavy atom. The quantitative estimate of drug-likeness (QED) is 0.842. The lowest BCUT2D eigenvalue weighted by Crippen LogP contribution is -2.28. The molecule has 0 unspecified atom stereocenters. The molecule has 0 radical (unpaired) electrons. The van der Waals surface area contributed by atoms with Crippen molar-refractivity contribution in [1.29, 1.82) is 0 Å². The van der Waals surface area contributed by atoms with Crippen molar-refractivity contribution in [2.75, 3.05) is 6.54 Å².